The van der Waals surface area contributed by atoms with Crippen molar-refractivity contribution < 1.29 is 0 Å². The lowest BCUT2D eigenvalue weighted by molar-refractivity contribution is 0.253. The quantitative estimate of drug-likeness (QED) is 0.163. The van der Waals surface area contributed by atoms with E-state index in [4.69, 9.17) is 0 Å². The minimum atomic E-state index is 0.0268. The number of nitrogens with zero attached hydrogens (tertiary/aromatic N) is 2. The van der Waals surface area contributed by atoms with Crippen molar-refractivity contribution in [1.29, 1.82) is 0 Å². The van der Waals surface area contributed by atoms with Crippen molar-refractivity contribution in [3.8, 4) is 11.1 Å². The van der Waals surface area contributed by atoms with Crippen molar-refractivity contribution in [2.45, 2.75) is 138 Å². The van der Waals surface area contributed by atoms with Crippen LogP contribution in [0.3, 0.4) is 0 Å². The van der Waals surface area contributed by atoms with E-state index in [0.29, 0.717) is 5.92 Å². The van der Waals surface area contributed by atoms with E-state index < -0.39 is 0 Å². The summed E-state index contributed by atoms with van der Waals surface area (Å²) < 4.78 is 2.82. The molecule has 0 radical (unpaired) electrons. The lowest BCUT2D eigenvalue weighted by atomic mass is 9.36. The molecule has 0 saturated heterocycles. The molecule has 3 heterocycles. The van der Waals surface area contributed by atoms with Crippen molar-refractivity contribution in [1.82, 2.24) is 0 Å². The molecule has 0 N–H and O–H groups in total. The molecule has 0 amide bonds. The first kappa shape index (κ1) is 41.9. The Morgan fingerprint density at radius 2 is 1.28 bits per heavy atom. The lowest BCUT2D eigenvalue weighted by Gasteiger charge is -2.51. The molecular weight excluding hydrogens is 792 g/mol. The van der Waals surface area contributed by atoms with E-state index in [-0.39, 0.29) is 39.8 Å². The van der Waals surface area contributed by atoms with Gasteiger partial charge in [-0.25, -0.2) is 0 Å². The Bertz CT molecular complexity index is 2980. The first-order valence-corrected chi connectivity index (χ1v) is 25.1. The highest BCUT2D eigenvalue weighted by molar-refractivity contribution is 7.33. The number of allylic oxidation sites excluding steroid dienone is 2. The normalized spacial score (nSPS) is 22.2. The predicted octanol–water partition coefficient (Wildman–Crippen LogP) is 15.0. The number of rotatable bonds is 3. The first-order chi connectivity index (χ1) is 30.1. The maximum absolute atomic E-state index is 2.80. The summed E-state index contributed by atoms with van der Waals surface area (Å²) in [4.78, 5) is 5.52. The predicted molar refractivity (Wildman–Crippen MR) is 280 cm³/mol. The van der Waals surface area contributed by atoms with Crippen LogP contribution in [0.4, 0.5) is 28.4 Å². The molecule has 0 bridgehead atoms. The number of thiophene rings is 1. The number of aryl methyl sites for hydroxylation is 1. The topological polar surface area (TPSA) is 6.48 Å². The third-order valence-electron chi connectivity index (χ3n) is 16.6. The highest BCUT2D eigenvalue weighted by Gasteiger charge is 2.49. The molecule has 2 aliphatic heterocycles. The second-order valence-corrected chi connectivity index (χ2v) is 25.1. The fourth-order valence-corrected chi connectivity index (χ4v) is 13.8. The van der Waals surface area contributed by atoms with Gasteiger partial charge in [-0.1, -0.05) is 150 Å². The second kappa shape index (κ2) is 13.9. The van der Waals surface area contributed by atoms with Gasteiger partial charge in [0.25, 0.3) is 6.71 Å². The Morgan fingerprint density at radius 1 is 0.625 bits per heavy atom. The summed E-state index contributed by atoms with van der Waals surface area (Å²) in [6.07, 6.45) is 10.2. The summed E-state index contributed by atoms with van der Waals surface area (Å²) in [6.45, 7) is 31.8. The number of benzene rings is 5. The highest BCUT2D eigenvalue weighted by Crippen LogP contribution is 2.56. The van der Waals surface area contributed by atoms with E-state index in [0.717, 1.165) is 0 Å². The molecule has 3 aliphatic carbocycles. The van der Waals surface area contributed by atoms with Gasteiger partial charge >= 0.3 is 0 Å². The molecule has 2 atom stereocenters. The summed E-state index contributed by atoms with van der Waals surface area (Å²) in [5.41, 5.74) is 21.4. The molecule has 64 heavy (non-hydrogen) atoms. The van der Waals surface area contributed by atoms with Crippen LogP contribution >= 0.6 is 11.3 Å². The monoisotopic (exact) mass is 859 g/mol. The Kier molecular flexibility index (Phi) is 9.07. The largest absolute Gasteiger partial charge is 0.335 e. The standard InChI is InChI=1S/C60H67BN2S/c1-36-29-50-53-51(30-36)63(48-35-46-44(31-37(48)2)58(8,9)27-28-60(46,12)13)49-32-39(38-17-15-14-16-18-38)19-23-47(49)61(53)55-54(42-33-40(56(3,4)5)20-24-52(42)64-55)62(50)41-21-22-43-45(34-41)59(10,11)26-25-57(43,6)7/h14-24,29-35,37,48H,25-28H2,1-13H3. The molecule has 1 aromatic heterocycles. The second-order valence-electron chi connectivity index (χ2n) is 24.0. The van der Waals surface area contributed by atoms with Crippen LogP contribution in [0.5, 0.6) is 0 Å². The van der Waals surface area contributed by atoms with Gasteiger partial charge in [0.15, 0.2) is 0 Å². The third-order valence-corrected chi connectivity index (χ3v) is 17.9. The molecule has 1 saturated carbocycles. The molecule has 0 spiro atoms. The molecule has 6 aromatic rings. The molecule has 4 heteroatoms. The molecule has 2 unspecified atom stereocenters. The van der Waals surface area contributed by atoms with Crippen LogP contribution in [0, 0.1) is 23.7 Å². The van der Waals surface area contributed by atoms with Gasteiger partial charge in [-0.05, 0) is 164 Å². The van der Waals surface area contributed by atoms with E-state index in [1.54, 1.807) is 11.1 Å². The molecule has 326 valence electrons. The van der Waals surface area contributed by atoms with E-state index >= 15 is 0 Å². The summed E-state index contributed by atoms with van der Waals surface area (Å²) in [5.74, 6) is 0.314. The number of hydrogen-bond donors (Lipinski definition) is 0. The van der Waals surface area contributed by atoms with Crippen molar-refractivity contribution in [3.63, 3.8) is 0 Å². The lowest BCUT2D eigenvalue weighted by Crippen LogP contribution is -2.62. The van der Waals surface area contributed by atoms with Crippen molar-refractivity contribution in [2.75, 3.05) is 9.80 Å². The van der Waals surface area contributed by atoms with Gasteiger partial charge < -0.3 is 9.80 Å². The Labute approximate surface area is 388 Å². The van der Waals surface area contributed by atoms with Crippen LogP contribution in [0.15, 0.2) is 120 Å². The molecule has 1 fully saturated rings. The Morgan fingerprint density at radius 3 is 1.98 bits per heavy atom. The molecule has 5 aliphatic rings. The maximum Gasteiger partial charge on any atom is 0.264 e. The average molecular weight is 859 g/mol. The minimum absolute atomic E-state index is 0.0268. The van der Waals surface area contributed by atoms with Gasteiger partial charge in [0.05, 0.1) is 11.7 Å². The van der Waals surface area contributed by atoms with Crippen molar-refractivity contribution >= 4 is 72.3 Å². The zero-order valence-corrected chi connectivity index (χ0v) is 41.6. The Hall–Kier alpha value is -4.80. The van der Waals surface area contributed by atoms with Crippen LogP contribution < -0.4 is 25.5 Å². The SMILES string of the molecule is Cc1cc2c3c(c1)N(C1C=C4C(=CC1C)C(C)(C)CCC4(C)C)c1cc(-c4ccccc4)ccc1B3c1sc3ccc(C(C)(C)C)cc3c1N2c1ccc2c(c1)C(C)(C)CCC2(C)C. The maximum atomic E-state index is 2.80. The fourth-order valence-electron chi connectivity index (χ4n) is 12.5. The molecule has 2 nitrogen and oxygen atoms in total. The number of fused-ring (bicyclic) bond motifs is 8. The van der Waals surface area contributed by atoms with Gasteiger partial charge in [-0.15, -0.1) is 11.3 Å². The smallest absolute Gasteiger partial charge is 0.264 e. The van der Waals surface area contributed by atoms with Gasteiger partial charge in [0, 0.05) is 37.6 Å². The van der Waals surface area contributed by atoms with Crippen LogP contribution in [-0.4, -0.2) is 12.8 Å². The van der Waals surface area contributed by atoms with E-state index in [1.807, 2.05) is 11.3 Å². The van der Waals surface area contributed by atoms with Crippen LogP contribution in [0.1, 0.15) is 131 Å². The van der Waals surface area contributed by atoms with E-state index in [2.05, 4.69) is 209 Å². The van der Waals surface area contributed by atoms with E-state index in [9.17, 15) is 0 Å². The van der Waals surface area contributed by atoms with Crippen LogP contribution in [-0.2, 0) is 16.2 Å². The fraction of sp³-hybridized carbons (Fsp3) is 0.400. The zero-order valence-electron chi connectivity index (χ0n) is 40.8. The van der Waals surface area contributed by atoms with Crippen LogP contribution in [0.25, 0.3) is 21.2 Å². The minimum Gasteiger partial charge on any atom is -0.335 e. The number of hydrogen-bond acceptors (Lipinski definition) is 3. The van der Waals surface area contributed by atoms with Gasteiger partial charge in [-0.3, -0.25) is 0 Å². The average Bonchev–Trinajstić information content (AvgIpc) is 3.62. The summed E-state index contributed by atoms with van der Waals surface area (Å²) in [6, 6.07) is 38.6. The summed E-state index contributed by atoms with van der Waals surface area (Å²) in [5, 5.41) is 1.37. The molecular formula is C60H67BN2S. The summed E-state index contributed by atoms with van der Waals surface area (Å²) in [7, 11) is 0. The van der Waals surface area contributed by atoms with E-state index in [1.165, 1.54) is 113 Å². The first-order valence-electron chi connectivity index (χ1n) is 24.2. The van der Waals surface area contributed by atoms with Gasteiger partial charge in [0.1, 0.15) is 0 Å². The van der Waals surface area contributed by atoms with Crippen molar-refractivity contribution in [2.24, 2.45) is 16.7 Å². The van der Waals surface area contributed by atoms with Gasteiger partial charge in [0.2, 0.25) is 0 Å². The zero-order chi connectivity index (χ0) is 45.0. The van der Waals surface area contributed by atoms with Crippen LogP contribution in [0.2, 0.25) is 0 Å². The molecule has 5 aromatic carbocycles. The Balaban J connectivity index is 1.22. The van der Waals surface area contributed by atoms with Crippen molar-refractivity contribution in [3.05, 3.63) is 143 Å². The highest BCUT2D eigenvalue weighted by atomic mass is 32.1. The van der Waals surface area contributed by atoms with Gasteiger partial charge in [-0.2, -0.15) is 0 Å². The number of anilines is 5. The summed E-state index contributed by atoms with van der Waals surface area (Å²) >= 11 is 2.02. The molecule has 11 rings (SSSR count). The third kappa shape index (κ3) is 6.24.